The van der Waals surface area contributed by atoms with E-state index in [9.17, 15) is 4.79 Å². The van der Waals surface area contributed by atoms with Gasteiger partial charge in [0.1, 0.15) is 12.6 Å². The molecule has 1 rings (SSSR count). The van der Waals surface area contributed by atoms with Crippen molar-refractivity contribution < 1.29 is 9.53 Å². The molecule has 15 heavy (non-hydrogen) atoms. The van der Waals surface area contributed by atoms with E-state index in [-0.39, 0.29) is 24.2 Å². The normalized spacial score (nSPS) is 21.5. The lowest BCUT2D eigenvalue weighted by Crippen LogP contribution is -2.39. The molecule has 84 valence electrons. The summed E-state index contributed by atoms with van der Waals surface area (Å²) in [6.45, 7) is 6.48. The Hall–Kier alpha value is -1.08. The Morgan fingerprint density at radius 1 is 1.60 bits per heavy atom. The maximum Gasteiger partial charge on any atom is 0.249 e. The van der Waals surface area contributed by atoms with Gasteiger partial charge in [-0.1, -0.05) is 0 Å². The van der Waals surface area contributed by atoms with E-state index in [2.05, 4.69) is 6.07 Å². The molecule has 0 saturated carbocycles. The van der Waals surface area contributed by atoms with Gasteiger partial charge in [0.05, 0.1) is 11.7 Å². The average molecular weight is 210 g/mol. The fourth-order valence-corrected chi connectivity index (χ4v) is 1.56. The number of carbonyl (C=O) groups is 1. The fourth-order valence-electron chi connectivity index (χ4n) is 1.56. The summed E-state index contributed by atoms with van der Waals surface area (Å²) in [6, 6.07) is 1.89. The third kappa shape index (κ3) is 3.52. The van der Waals surface area contributed by atoms with E-state index >= 15 is 0 Å². The standard InChI is InChI=1S/C11H18N2O2/c1-11(2,3)15-8-10(14)13-6-4-5-9(13)7-12/h9H,4-6,8H2,1-3H3. The predicted molar refractivity (Wildman–Crippen MR) is 56.1 cm³/mol. The first-order valence-corrected chi connectivity index (χ1v) is 5.27. The molecule has 0 N–H and O–H groups in total. The number of carbonyl (C=O) groups excluding carboxylic acids is 1. The second-order valence-electron chi connectivity index (χ2n) is 4.78. The van der Waals surface area contributed by atoms with Gasteiger partial charge in [-0.25, -0.2) is 0 Å². The van der Waals surface area contributed by atoms with Gasteiger partial charge in [-0.15, -0.1) is 0 Å². The van der Waals surface area contributed by atoms with E-state index in [4.69, 9.17) is 10.00 Å². The van der Waals surface area contributed by atoms with Crippen LogP contribution in [0.2, 0.25) is 0 Å². The molecule has 4 heteroatoms. The molecule has 4 nitrogen and oxygen atoms in total. The van der Waals surface area contributed by atoms with Crippen LogP contribution in [0, 0.1) is 11.3 Å². The number of rotatable bonds is 2. The summed E-state index contributed by atoms with van der Waals surface area (Å²) in [5, 5.41) is 8.83. The summed E-state index contributed by atoms with van der Waals surface area (Å²) >= 11 is 0. The van der Waals surface area contributed by atoms with Gasteiger partial charge in [0.15, 0.2) is 0 Å². The van der Waals surface area contributed by atoms with Crippen LogP contribution < -0.4 is 0 Å². The quantitative estimate of drug-likeness (QED) is 0.690. The molecule has 1 aliphatic heterocycles. The summed E-state index contributed by atoms with van der Waals surface area (Å²) in [6.07, 6.45) is 1.71. The van der Waals surface area contributed by atoms with Crippen molar-refractivity contribution in [1.29, 1.82) is 5.26 Å². The van der Waals surface area contributed by atoms with Crippen LogP contribution in [0.3, 0.4) is 0 Å². The first kappa shape index (κ1) is 12.0. The van der Waals surface area contributed by atoms with Crippen molar-refractivity contribution in [2.45, 2.75) is 45.3 Å². The molecule has 1 unspecified atom stereocenters. The molecule has 1 atom stereocenters. The van der Waals surface area contributed by atoms with Gasteiger partial charge in [0, 0.05) is 6.54 Å². The Morgan fingerprint density at radius 2 is 2.27 bits per heavy atom. The molecule has 0 aromatic carbocycles. The molecule has 1 saturated heterocycles. The number of hydrogen-bond acceptors (Lipinski definition) is 3. The summed E-state index contributed by atoms with van der Waals surface area (Å²) in [5.41, 5.74) is -0.308. The SMILES string of the molecule is CC(C)(C)OCC(=O)N1CCCC1C#N. The van der Waals surface area contributed by atoms with E-state index in [1.165, 1.54) is 0 Å². The van der Waals surface area contributed by atoms with Crippen molar-refractivity contribution in [1.82, 2.24) is 4.90 Å². The summed E-state index contributed by atoms with van der Waals surface area (Å²) in [7, 11) is 0. The van der Waals surface area contributed by atoms with Gasteiger partial charge in [0.25, 0.3) is 0 Å². The van der Waals surface area contributed by atoms with Crippen LogP contribution in [-0.4, -0.2) is 35.6 Å². The van der Waals surface area contributed by atoms with Crippen LogP contribution in [-0.2, 0) is 9.53 Å². The van der Waals surface area contributed by atoms with Crippen LogP contribution in [0.4, 0.5) is 0 Å². The van der Waals surface area contributed by atoms with Crippen LogP contribution in [0.5, 0.6) is 0 Å². The zero-order valence-corrected chi connectivity index (χ0v) is 9.62. The zero-order chi connectivity index (χ0) is 11.5. The first-order valence-electron chi connectivity index (χ1n) is 5.27. The molecule has 0 radical (unpaired) electrons. The summed E-state index contributed by atoms with van der Waals surface area (Å²) in [5.74, 6) is -0.0750. The number of nitrogens with zero attached hydrogens (tertiary/aromatic N) is 2. The van der Waals surface area contributed by atoms with Gasteiger partial charge >= 0.3 is 0 Å². The van der Waals surface area contributed by atoms with Crippen molar-refractivity contribution in [3.63, 3.8) is 0 Å². The molecule has 0 aromatic rings. The van der Waals surface area contributed by atoms with Crippen LogP contribution >= 0.6 is 0 Å². The van der Waals surface area contributed by atoms with E-state index < -0.39 is 0 Å². The summed E-state index contributed by atoms with van der Waals surface area (Å²) in [4.78, 5) is 13.3. The van der Waals surface area contributed by atoms with E-state index in [1.54, 1.807) is 4.90 Å². The molecule has 0 spiro atoms. The van der Waals surface area contributed by atoms with Crippen molar-refractivity contribution in [2.24, 2.45) is 0 Å². The van der Waals surface area contributed by atoms with Gasteiger partial charge in [-0.2, -0.15) is 5.26 Å². The van der Waals surface area contributed by atoms with E-state index in [0.29, 0.717) is 6.54 Å². The molecule has 1 fully saturated rings. The second-order valence-corrected chi connectivity index (χ2v) is 4.78. The Bertz CT molecular complexity index is 275. The van der Waals surface area contributed by atoms with Gasteiger partial charge in [-0.05, 0) is 33.6 Å². The third-order valence-corrected chi connectivity index (χ3v) is 2.35. The van der Waals surface area contributed by atoms with Crippen LogP contribution in [0.15, 0.2) is 0 Å². The number of nitriles is 1. The van der Waals surface area contributed by atoms with Gasteiger partial charge in [-0.3, -0.25) is 4.79 Å². The van der Waals surface area contributed by atoms with Crippen molar-refractivity contribution in [3.8, 4) is 6.07 Å². The highest BCUT2D eigenvalue weighted by Crippen LogP contribution is 2.17. The maximum absolute atomic E-state index is 11.7. The molecule has 1 heterocycles. The molecule has 1 aliphatic rings. The summed E-state index contributed by atoms with van der Waals surface area (Å²) < 4.78 is 5.40. The third-order valence-electron chi connectivity index (χ3n) is 2.35. The highest BCUT2D eigenvalue weighted by atomic mass is 16.5. The van der Waals surface area contributed by atoms with Crippen molar-refractivity contribution >= 4 is 5.91 Å². The highest BCUT2D eigenvalue weighted by Gasteiger charge is 2.29. The Kier molecular flexibility index (Phi) is 3.70. The lowest BCUT2D eigenvalue weighted by molar-refractivity contribution is -0.141. The minimum absolute atomic E-state index is 0.0711. The maximum atomic E-state index is 11.7. The van der Waals surface area contributed by atoms with E-state index in [0.717, 1.165) is 12.8 Å². The molecule has 0 bridgehead atoms. The average Bonchev–Trinajstić information content (AvgIpc) is 2.60. The number of amides is 1. The second kappa shape index (κ2) is 4.63. The molecule has 1 amide bonds. The lowest BCUT2D eigenvalue weighted by atomic mass is 10.2. The van der Waals surface area contributed by atoms with Crippen LogP contribution in [0.1, 0.15) is 33.6 Å². The molecule has 0 aliphatic carbocycles. The van der Waals surface area contributed by atoms with Gasteiger partial charge < -0.3 is 9.64 Å². The topological polar surface area (TPSA) is 53.3 Å². The lowest BCUT2D eigenvalue weighted by Gasteiger charge is -2.23. The van der Waals surface area contributed by atoms with Crippen molar-refractivity contribution in [3.05, 3.63) is 0 Å². The van der Waals surface area contributed by atoms with Crippen LogP contribution in [0.25, 0.3) is 0 Å². The number of ether oxygens (including phenoxy) is 1. The number of hydrogen-bond donors (Lipinski definition) is 0. The van der Waals surface area contributed by atoms with Crippen molar-refractivity contribution in [2.75, 3.05) is 13.2 Å². The first-order chi connectivity index (χ1) is 6.94. The fraction of sp³-hybridized carbons (Fsp3) is 0.818. The Balaban J connectivity index is 2.44. The van der Waals surface area contributed by atoms with E-state index in [1.807, 2.05) is 20.8 Å². The molecular formula is C11H18N2O2. The minimum atomic E-state index is -0.308. The minimum Gasteiger partial charge on any atom is -0.366 e. The Morgan fingerprint density at radius 3 is 2.80 bits per heavy atom. The number of likely N-dealkylation sites (tertiary alicyclic amines) is 1. The predicted octanol–water partition coefficient (Wildman–Crippen LogP) is 1.32. The molecule has 0 aromatic heterocycles. The Labute approximate surface area is 90.8 Å². The highest BCUT2D eigenvalue weighted by molar-refractivity contribution is 5.78. The monoisotopic (exact) mass is 210 g/mol. The molecular weight excluding hydrogens is 192 g/mol. The largest absolute Gasteiger partial charge is 0.366 e. The smallest absolute Gasteiger partial charge is 0.249 e. The zero-order valence-electron chi connectivity index (χ0n) is 9.62. The van der Waals surface area contributed by atoms with Gasteiger partial charge in [0.2, 0.25) is 5.91 Å².